The Morgan fingerprint density at radius 2 is 2.00 bits per heavy atom. The van der Waals surface area contributed by atoms with Crippen molar-refractivity contribution in [3.8, 4) is 0 Å². The summed E-state index contributed by atoms with van der Waals surface area (Å²) in [5, 5.41) is 9.94. The van der Waals surface area contributed by atoms with Crippen LogP contribution in [0.15, 0.2) is 23.1 Å². The van der Waals surface area contributed by atoms with Gasteiger partial charge in [-0.05, 0) is 19.4 Å². The predicted octanol–water partition coefficient (Wildman–Crippen LogP) is 2.47. The number of hydrogen-bond acceptors (Lipinski definition) is 3. The first-order valence-electron chi connectivity index (χ1n) is 5.62. The summed E-state index contributed by atoms with van der Waals surface area (Å²) in [7, 11) is -4.28. The summed E-state index contributed by atoms with van der Waals surface area (Å²) < 4.78 is 31.5. The van der Waals surface area contributed by atoms with E-state index in [0.29, 0.717) is 6.42 Å². The topological polar surface area (TPSA) is 74.6 Å². The van der Waals surface area contributed by atoms with E-state index < -0.39 is 16.2 Å². The van der Waals surface area contributed by atoms with Gasteiger partial charge in [-0.15, -0.1) is 0 Å². The summed E-state index contributed by atoms with van der Waals surface area (Å²) in [5.41, 5.74) is 1.13. The van der Waals surface area contributed by atoms with Crippen LogP contribution in [0.1, 0.15) is 43.4 Å². The smallest absolute Gasteiger partial charge is 0.294 e. The van der Waals surface area contributed by atoms with Gasteiger partial charge in [-0.25, -0.2) is 0 Å². The molecule has 96 valence electrons. The Balaban J connectivity index is 3.16. The second-order valence-corrected chi connectivity index (χ2v) is 5.56. The van der Waals surface area contributed by atoms with E-state index in [9.17, 15) is 13.5 Å². The molecule has 0 saturated heterocycles. The number of rotatable bonds is 5. The van der Waals surface area contributed by atoms with Crippen molar-refractivity contribution < 1.29 is 18.1 Å². The SMILES string of the molecule is CCCCC(O)c1cc(C)ccc1S(=O)(=O)O. The van der Waals surface area contributed by atoms with E-state index in [1.807, 2.05) is 13.8 Å². The summed E-state index contributed by atoms with van der Waals surface area (Å²) in [5.74, 6) is 0. The van der Waals surface area contributed by atoms with E-state index in [1.165, 1.54) is 6.07 Å². The van der Waals surface area contributed by atoms with Crippen LogP contribution in [-0.2, 0) is 10.1 Å². The van der Waals surface area contributed by atoms with Crippen molar-refractivity contribution in [3.63, 3.8) is 0 Å². The molecule has 0 aliphatic heterocycles. The van der Waals surface area contributed by atoms with Crippen molar-refractivity contribution >= 4 is 10.1 Å². The molecule has 0 amide bonds. The molecular formula is C12H18O4S. The molecule has 1 aromatic rings. The minimum Gasteiger partial charge on any atom is -0.388 e. The van der Waals surface area contributed by atoms with Crippen LogP contribution in [0.5, 0.6) is 0 Å². The zero-order valence-corrected chi connectivity index (χ0v) is 10.9. The lowest BCUT2D eigenvalue weighted by Gasteiger charge is -2.14. The van der Waals surface area contributed by atoms with E-state index in [1.54, 1.807) is 12.1 Å². The number of aliphatic hydroxyl groups is 1. The third-order valence-corrected chi connectivity index (χ3v) is 3.56. The molecule has 1 atom stereocenters. The molecule has 2 N–H and O–H groups in total. The quantitative estimate of drug-likeness (QED) is 0.796. The monoisotopic (exact) mass is 258 g/mol. The largest absolute Gasteiger partial charge is 0.388 e. The Bertz CT molecular complexity index is 479. The fourth-order valence-electron chi connectivity index (χ4n) is 1.72. The zero-order chi connectivity index (χ0) is 13.1. The van der Waals surface area contributed by atoms with Gasteiger partial charge in [0.05, 0.1) is 11.0 Å². The molecule has 0 spiro atoms. The van der Waals surface area contributed by atoms with E-state index in [-0.39, 0.29) is 10.5 Å². The molecular weight excluding hydrogens is 240 g/mol. The van der Waals surface area contributed by atoms with Crippen molar-refractivity contribution in [1.29, 1.82) is 0 Å². The molecule has 0 fully saturated rings. The average Bonchev–Trinajstić information content (AvgIpc) is 2.24. The maximum Gasteiger partial charge on any atom is 0.294 e. The van der Waals surface area contributed by atoms with Crippen LogP contribution in [0.4, 0.5) is 0 Å². The highest BCUT2D eigenvalue weighted by molar-refractivity contribution is 7.85. The van der Waals surface area contributed by atoms with E-state index in [2.05, 4.69) is 0 Å². The Kier molecular flexibility index (Phi) is 4.68. The van der Waals surface area contributed by atoms with Crippen LogP contribution in [-0.4, -0.2) is 18.1 Å². The molecule has 4 nitrogen and oxygen atoms in total. The first-order valence-corrected chi connectivity index (χ1v) is 7.06. The molecule has 0 aromatic heterocycles. The molecule has 0 aliphatic carbocycles. The highest BCUT2D eigenvalue weighted by Gasteiger charge is 2.20. The van der Waals surface area contributed by atoms with E-state index in [4.69, 9.17) is 4.55 Å². The van der Waals surface area contributed by atoms with Crippen molar-refractivity contribution in [2.75, 3.05) is 0 Å². The Morgan fingerprint density at radius 1 is 1.35 bits per heavy atom. The second-order valence-electron chi connectivity index (χ2n) is 4.17. The normalized spacial score (nSPS) is 13.6. The van der Waals surface area contributed by atoms with Gasteiger partial charge < -0.3 is 5.11 Å². The predicted molar refractivity (Wildman–Crippen MR) is 65.5 cm³/mol. The summed E-state index contributed by atoms with van der Waals surface area (Å²) in [4.78, 5) is -0.202. The highest BCUT2D eigenvalue weighted by Crippen LogP contribution is 2.27. The Labute approximate surface area is 102 Å². The van der Waals surface area contributed by atoms with Gasteiger partial charge >= 0.3 is 0 Å². The molecule has 0 aliphatic rings. The van der Waals surface area contributed by atoms with E-state index in [0.717, 1.165) is 18.4 Å². The highest BCUT2D eigenvalue weighted by atomic mass is 32.2. The van der Waals surface area contributed by atoms with Crippen LogP contribution >= 0.6 is 0 Å². The standard InChI is InChI=1S/C12H18O4S/c1-3-4-5-11(13)10-8-9(2)6-7-12(10)17(14,15)16/h6-8,11,13H,3-5H2,1-2H3,(H,14,15,16). The Morgan fingerprint density at radius 3 is 2.53 bits per heavy atom. The minimum absolute atomic E-state index is 0.202. The minimum atomic E-state index is -4.28. The first kappa shape index (κ1) is 14.2. The fourth-order valence-corrected chi connectivity index (χ4v) is 2.45. The lowest BCUT2D eigenvalue weighted by molar-refractivity contribution is 0.161. The van der Waals surface area contributed by atoms with Crippen LogP contribution in [0.3, 0.4) is 0 Å². The van der Waals surface area contributed by atoms with Crippen molar-refractivity contribution in [3.05, 3.63) is 29.3 Å². The van der Waals surface area contributed by atoms with Crippen molar-refractivity contribution in [2.24, 2.45) is 0 Å². The third kappa shape index (κ3) is 3.80. The Hall–Kier alpha value is -0.910. The van der Waals surface area contributed by atoms with Gasteiger partial charge in [0.2, 0.25) is 0 Å². The van der Waals surface area contributed by atoms with Crippen LogP contribution < -0.4 is 0 Å². The lowest BCUT2D eigenvalue weighted by Crippen LogP contribution is -2.08. The number of unbranched alkanes of at least 4 members (excludes halogenated alkanes) is 1. The number of hydrogen-bond donors (Lipinski definition) is 2. The molecule has 1 aromatic carbocycles. The van der Waals surface area contributed by atoms with Gasteiger partial charge in [-0.2, -0.15) is 8.42 Å². The van der Waals surface area contributed by atoms with Crippen molar-refractivity contribution in [1.82, 2.24) is 0 Å². The fraction of sp³-hybridized carbons (Fsp3) is 0.500. The van der Waals surface area contributed by atoms with Gasteiger partial charge in [-0.1, -0.05) is 37.5 Å². The van der Waals surface area contributed by atoms with Crippen LogP contribution in [0.2, 0.25) is 0 Å². The maximum absolute atomic E-state index is 11.2. The second kappa shape index (κ2) is 5.62. The number of benzene rings is 1. The molecule has 1 rings (SSSR count). The molecule has 17 heavy (non-hydrogen) atoms. The lowest BCUT2D eigenvalue weighted by atomic mass is 10.0. The third-order valence-electron chi connectivity index (χ3n) is 2.63. The molecule has 0 heterocycles. The molecule has 0 bridgehead atoms. The van der Waals surface area contributed by atoms with Crippen LogP contribution in [0, 0.1) is 6.92 Å². The molecule has 0 radical (unpaired) electrons. The van der Waals surface area contributed by atoms with Crippen LogP contribution in [0.25, 0.3) is 0 Å². The van der Waals surface area contributed by atoms with Gasteiger partial charge in [-0.3, -0.25) is 4.55 Å². The number of aliphatic hydroxyl groups excluding tert-OH is 1. The summed E-state index contributed by atoms with van der Waals surface area (Å²) in [6, 6.07) is 4.53. The maximum atomic E-state index is 11.2. The van der Waals surface area contributed by atoms with Gasteiger partial charge in [0, 0.05) is 5.56 Å². The van der Waals surface area contributed by atoms with Crippen molar-refractivity contribution in [2.45, 2.75) is 44.1 Å². The summed E-state index contributed by atoms with van der Waals surface area (Å²) >= 11 is 0. The zero-order valence-electron chi connectivity index (χ0n) is 10.0. The van der Waals surface area contributed by atoms with E-state index >= 15 is 0 Å². The first-order chi connectivity index (χ1) is 7.86. The average molecular weight is 258 g/mol. The number of aryl methyl sites for hydroxylation is 1. The van der Waals surface area contributed by atoms with Gasteiger partial charge in [0.25, 0.3) is 10.1 Å². The molecule has 5 heteroatoms. The molecule has 0 saturated carbocycles. The summed E-state index contributed by atoms with van der Waals surface area (Å²) in [6.07, 6.45) is 1.36. The van der Waals surface area contributed by atoms with Gasteiger partial charge in [0.1, 0.15) is 0 Å². The van der Waals surface area contributed by atoms with Gasteiger partial charge in [0.15, 0.2) is 0 Å². The molecule has 1 unspecified atom stereocenters. The summed E-state index contributed by atoms with van der Waals surface area (Å²) in [6.45, 7) is 3.80.